The van der Waals surface area contributed by atoms with Gasteiger partial charge in [0.1, 0.15) is 5.84 Å². The molecule has 0 aliphatic rings. The zero-order valence-electron chi connectivity index (χ0n) is 16.0. The molecule has 0 saturated heterocycles. The second-order valence-electron chi connectivity index (χ2n) is 5.61. The first-order valence-corrected chi connectivity index (χ1v) is 8.65. The summed E-state index contributed by atoms with van der Waals surface area (Å²) in [6, 6.07) is 7.77. The first kappa shape index (κ1) is 21.2. The van der Waals surface area contributed by atoms with Gasteiger partial charge < -0.3 is 5.73 Å². The van der Waals surface area contributed by atoms with E-state index in [0.29, 0.717) is 12.4 Å². The van der Waals surface area contributed by atoms with E-state index in [-0.39, 0.29) is 5.84 Å². The van der Waals surface area contributed by atoms with Crippen LogP contribution >= 0.6 is 0 Å². The van der Waals surface area contributed by atoms with Crippen LogP contribution < -0.4 is 5.73 Å². The van der Waals surface area contributed by atoms with Crippen LogP contribution in [-0.2, 0) is 6.54 Å². The average Bonchev–Trinajstić information content (AvgIpc) is 2.67. The van der Waals surface area contributed by atoms with Crippen molar-refractivity contribution in [3.8, 4) is 0 Å². The minimum Gasteiger partial charge on any atom is -0.326 e. The normalized spacial score (nSPS) is 14.1. The second-order valence-corrected chi connectivity index (χ2v) is 5.61. The van der Waals surface area contributed by atoms with Gasteiger partial charge in [-0.15, -0.1) is 0 Å². The summed E-state index contributed by atoms with van der Waals surface area (Å²) in [5.74, 6) is 0.682. The molecule has 0 aromatic heterocycles. The summed E-state index contributed by atoms with van der Waals surface area (Å²) in [7, 11) is 0. The molecule has 0 aliphatic heterocycles. The molecule has 0 unspecified atom stereocenters. The average molecular weight is 348 g/mol. The number of nitrogens with one attached hydrogen (secondary N) is 1. The topological polar surface area (TPSA) is 74.6 Å². The maximum absolute atomic E-state index is 8.23. The van der Waals surface area contributed by atoms with Crippen LogP contribution in [0, 0.1) is 5.41 Å². The first-order valence-electron chi connectivity index (χ1n) is 8.65. The van der Waals surface area contributed by atoms with Crippen molar-refractivity contribution in [1.29, 1.82) is 5.41 Å². The first-order chi connectivity index (χ1) is 12.5. The van der Waals surface area contributed by atoms with Gasteiger partial charge in [0.25, 0.3) is 0 Å². The Morgan fingerprint density at radius 1 is 1.12 bits per heavy atom. The van der Waals surface area contributed by atoms with Crippen LogP contribution in [0.15, 0.2) is 81.9 Å². The molecular formula is C22H28N4. The van der Waals surface area contributed by atoms with Crippen LogP contribution in [0.1, 0.15) is 38.8 Å². The lowest BCUT2D eigenvalue weighted by Crippen LogP contribution is -2.05. The third-order valence-corrected chi connectivity index (χ3v) is 3.61. The summed E-state index contributed by atoms with van der Waals surface area (Å²) in [5, 5.41) is 8.23. The minimum atomic E-state index is 0.186. The molecule has 1 aromatic rings. The molecule has 0 bridgehead atoms. The highest BCUT2D eigenvalue weighted by molar-refractivity contribution is 6.13. The molecule has 0 amide bonds. The standard InChI is InChI=1S/C22H28N4/c1-5-8-10-17(4)21(24)26-22(25-16-18(7-3)9-6-2)20-13-11-19(15-23)12-14-20/h5-14,16,24H,15,23H2,1-4H3/b8-5-,9-6-,17-10+,18-7+,24-21?,25-16?,26-22?. The quantitative estimate of drug-likeness (QED) is 0.424. The smallest absolute Gasteiger partial charge is 0.161 e. The molecule has 136 valence electrons. The number of allylic oxidation sites excluding steroid dienone is 7. The van der Waals surface area contributed by atoms with Crippen LogP contribution in [0.5, 0.6) is 0 Å². The fourth-order valence-corrected chi connectivity index (χ4v) is 2.01. The summed E-state index contributed by atoms with van der Waals surface area (Å²) in [4.78, 5) is 8.97. The maximum atomic E-state index is 8.23. The van der Waals surface area contributed by atoms with Gasteiger partial charge in [0.15, 0.2) is 5.84 Å². The molecule has 0 heterocycles. The summed E-state index contributed by atoms with van der Waals surface area (Å²) < 4.78 is 0. The fourth-order valence-electron chi connectivity index (χ4n) is 2.01. The third-order valence-electron chi connectivity index (χ3n) is 3.61. The van der Waals surface area contributed by atoms with Gasteiger partial charge in [0.05, 0.1) is 0 Å². The lowest BCUT2D eigenvalue weighted by molar-refractivity contribution is 1.07. The number of amidine groups is 2. The Labute approximate surface area is 156 Å². The van der Waals surface area contributed by atoms with E-state index in [2.05, 4.69) is 9.98 Å². The van der Waals surface area contributed by atoms with E-state index in [0.717, 1.165) is 22.3 Å². The van der Waals surface area contributed by atoms with E-state index >= 15 is 0 Å². The van der Waals surface area contributed by atoms with Gasteiger partial charge >= 0.3 is 0 Å². The van der Waals surface area contributed by atoms with Crippen molar-refractivity contribution in [2.75, 3.05) is 0 Å². The summed E-state index contributed by atoms with van der Waals surface area (Å²) in [6.07, 6.45) is 13.3. The van der Waals surface area contributed by atoms with Gasteiger partial charge in [0.2, 0.25) is 0 Å². The van der Waals surface area contributed by atoms with Gasteiger partial charge in [-0.25, -0.2) is 9.98 Å². The van der Waals surface area contributed by atoms with Gasteiger partial charge in [0, 0.05) is 18.3 Å². The van der Waals surface area contributed by atoms with Crippen LogP contribution in [-0.4, -0.2) is 17.9 Å². The van der Waals surface area contributed by atoms with Crippen molar-refractivity contribution in [1.82, 2.24) is 0 Å². The van der Waals surface area contributed by atoms with E-state index in [9.17, 15) is 0 Å². The largest absolute Gasteiger partial charge is 0.326 e. The van der Waals surface area contributed by atoms with Crippen molar-refractivity contribution in [2.45, 2.75) is 34.2 Å². The molecular weight excluding hydrogens is 320 g/mol. The van der Waals surface area contributed by atoms with Crippen molar-refractivity contribution in [3.63, 3.8) is 0 Å². The van der Waals surface area contributed by atoms with E-state index in [1.54, 1.807) is 6.21 Å². The van der Waals surface area contributed by atoms with Gasteiger partial charge in [-0.05, 0) is 44.4 Å². The Kier molecular flexibility index (Phi) is 9.50. The molecule has 0 fully saturated rings. The number of rotatable bonds is 6. The third kappa shape index (κ3) is 6.95. The highest BCUT2D eigenvalue weighted by Crippen LogP contribution is 2.09. The Morgan fingerprint density at radius 2 is 1.81 bits per heavy atom. The summed E-state index contributed by atoms with van der Waals surface area (Å²) in [5.41, 5.74) is 9.31. The molecule has 0 atom stereocenters. The number of nitrogens with zero attached hydrogens (tertiary/aromatic N) is 2. The predicted octanol–water partition coefficient (Wildman–Crippen LogP) is 4.98. The van der Waals surface area contributed by atoms with Crippen LogP contribution in [0.4, 0.5) is 0 Å². The van der Waals surface area contributed by atoms with E-state index in [1.807, 2.05) is 88.4 Å². The van der Waals surface area contributed by atoms with Crippen LogP contribution in [0.2, 0.25) is 0 Å². The molecule has 4 nitrogen and oxygen atoms in total. The Hall–Kier alpha value is -2.85. The van der Waals surface area contributed by atoms with E-state index in [1.165, 1.54) is 0 Å². The van der Waals surface area contributed by atoms with E-state index in [4.69, 9.17) is 11.1 Å². The number of hydrogen-bond acceptors (Lipinski definition) is 2. The Morgan fingerprint density at radius 3 is 2.35 bits per heavy atom. The van der Waals surface area contributed by atoms with Crippen LogP contribution in [0.3, 0.4) is 0 Å². The van der Waals surface area contributed by atoms with Gasteiger partial charge in [-0.2, -0.15) is 0 Å². The van der Waals surface area contributed by atoms with E-state index < -0.39 is 0 Å². The summed E-state index contributed by atoms with van der Waals surface area (Å²) >= 11 is 0. The molecule has 0 spiro atoms. The lowest BCUT2D eigenvalue weighted by atomic mass is 10.1. The monoisotopic (exact) mass is 348 g/mol. The molecule has 4 heteroatoms. The number of benzene rings is 1. The molecule has 0 saturated carbocycles. The zero-order valence-corrected chi connectivity index (χ0v) is 16.0. The Bertz CT molecular complexity index is 773. The van der Waals surface area contributed by atoms with Crippen molar-refractivity contribution in [2.24, 2.45) is 15.7 Å². The highest BCUT2D eigenvalue weighted by Gasteiger charge is 2.05. The minimum absolute atomic E-state index is 0.186. The molecule has 1 aromatic carbocycles. The van der Waals surface area contributed by atoms with Gasteiger partial charge in [-0.1, -0.05) is 60.7 Å². The van der Waals surface area contributed by atoms with Crippen molar-refractivity contribution >= 4 is 17.9 Å². The second kappa shape index (κ2) is 11.7. The number of nitrogens with two attached hydrogens (primary N) is 1. The lowest BCUT2D eigenvalue weighted by Gasteiger charge is -2.05. The number of aliphatic imine (C=N–C) groups is 2. The molecule has 0 radical (unpaired) electrons. The SMILES string of the molecule is C/C=C\C=C(/C)C(=N)N=C(N=CC(/C=C\C)=C/C)c1ccc(CN)cc1. The van der Waals surface area contributed by atoms with Crippen molar-refractivity contribution in [3.05, 3.63) is 83.0 Å². The molecule has 0 aliphatic carbocycles. The summed E-state index contributed by atoms with van der Waals surface area (Å²) in [6.45, 7) is 8.21. The molecule has 1 rings (SSSR count). The predicted molar refractivity (Wildman–Crippen MR) is 114 cm³/mol. The molecule has 26 heavy (non-hydrogen) atoms. The van der Waals surface area contributed by atoms with Crippen LogP contribution in [0.25, 0.3) is 0 Å². The highest BCUT2D eigenvalue weighted by atomic mass is 14.9. The van der Waals surface area contributed by atoms with Gasteiger partial charge in [-0.3, -0.25) is 5.41 Å². The molecule has 3 N–H and O–H groups in total. The number of hydrogen-bond donors (Lipinski definition) is 2. The maximum Gasteiger partial charge on any atom is 0.161 e. The Balaban J connectivity index is 3.29. The fraction of sp³-hybridized carbons (Fsp3) is 0.227. The zero-order chi connectivity index (χ0) is 19.4. The van der Waals surface area contributed by atoms with Crippen molar-refractivity contribution < 1.29 is 0 Å².